The van der Waals surface area contributed by atoms with Gasteiger partial charge in [0.15, 0.2) is 5.78 Å². The van der Waals surface area contributed by atoms with Gasteiger partial charge in [0, 0.05) is 29.7 Å². The van der Waals surface area contributed by atoms with Crippen LogP contribution in [0.25, 0.3) is 0 Å². The molecule has 0 radical (unpaired) electrons. The molecular formula is C14H14Cl2N2O. The summed E-state index contributed by atoms with van der Waals surface area (Å²) in [5.74, 6) is -0.0139. The van der Waals surface area contributed by atoms with Crippen molar-refractivity contribution in [3.8, 4) is 0 Å². The molecule has 0 aliphatic carbocycles. The number of carbonyl (C=O) groups excluding carboxylic acids is 1. The van der Waals surface area contributed by atoms with Crippen molar-refractivity contribution in [2.24, 2.45) is 7.05 Å². The molecule has 0 bridgehead atoms. The highest BCUT2D eigenvalue weighted by molar-refractivity contribution is 6.36. The highest BCUT2D eigenvalue weighted by atomic mass is 35.5. The molecule has 0 aliphatic rings. The van der Waals surface area contributed by atoms with Gasteiger partial charge in [-0.2, -0.15) is 5.10 Å². The average molecular weight is 297 g/mol. The second-order valence-electron chi connectivity index (χ2n) is 4.32. The van der Waals surface area contributed by atoms with E-state index < -0.39 is 0 Å². The van der Waals surface area contributed by atoms with Crippen LogP contribution in [0.1, 0.15) is 28.5 Å². The Bertz CT molecular complexity index is 600. The molecule has 0 aliphatic heterocycles. The first-order chi connectivity index (χ1) is 9.02. The summed E-state index contributed by atoms with van der Waals surface area (Å²) in [5, 5.41) is 5.30. The first-order valence-corrected chi connectivity index (χ1v) is 6.77. The van der Waals surface area contributed by atoms with Crippen LogP contribution in [0, 0.1) is 0 Å². The summed E-state index contributed by atoms with van der Waals surface area (Å²) in [6.45, 7) is 1.97. The number of aryl methyl sites for hydroxylation is 2. The number of ketones is 1. The first-order valence-electron chi connectivity index (χ1n) is 6.01. The Morgan fingerprint density at radius 2 is 1.95 bits per heavy atom. The van der Waals surface area contributed by atoms with Crippen LogP contribution >= 0.6 is 23.2 Å². The molecule has 0 atom stereocenters. The fraction of sp³-hybridized carbons (Fsp3) is 0.286. The molecule has 0 amide bonds. The van der Waals surface area contributed by atoms with E-state index in [4.69, 9.17) is 23.2 Å². The molecule has 5 heteroatoms. The van der Waals surface area contributed by atoms with Crippen molar-refractivity contribution in [2.45, 2.75) is 19.8 Å². The minimum atomic E-state index is -0.0139. The second kappa shape index (κ2) is 5.76. The normalized spacial score (nSPS) is 10.7. The van der Waals surface area contributed by atoms with E-state index in [0.29, 0.717) is 21.2 Å². The minimum Gasteiger partial charge on any atom is -0.294 e. The molecule has 2 aromatic rings. The summed E-state index contributed by atoms with van der Waals surface area (Å²) in [6.07, 6.45) is 2.65. The van der Waals surface area contributed by atoms with Crippen LogP contribution in [0.15, 0.2) is 24.4 Å². The highest BCUT2D eigenvalue weighted by Gasteiger charge is 2.17. The minimum absolute atomic E-state index is 0.0139. The van der Waals surface area contributed by atoms with Gasteiger partial charge >= 0.3 is 0 Å². The second-order valence-corrected chi connectivity index (χ2v) is 5.13. The third kappa shape index (κ3) is 2.99. The van der Waals surface area contributed by atoms with Gasteiger partial charge in [0.1, 0.15) is 0 Å². The fourth-order valence-electron chi connectivity index (χ4n) is 1.99. The lowest BCUT2D eigenvalue weighted by Gasteiger charge is -2.05. The zero-order valence-corrected chi connectivity index (χ0v) is 12.3. The average Bonchev–Trinajstić information content (AvgIpc) is 2.75. The first kappa shape index (κ1) is 14.1. The predicted molar refractivity (Wildman–Crippen MR) is 77.1 cm³/mol. The maximum absolute atomic E-state index is 12.3. The Hall–Kier alpha value is -1.32. The van der Waals surface area contributed by atoms with Gasteiger partial charge in [-0.15, -0.1) is 0 Å². The molecule has 100 valence electrons. The van der Waals surface area contributed by atoms with Crippen molar-refractivity contribution < 1.29 is 4.79 Å². The molecule has 0 fully saturated rings. The maximum Gasteiger partial charge on any atom is 0.170 e. The summed E-state index contributed by atoms with van der Waals surface area (Å²) >= 11 is 12.2. The van der Waals surface area contributed by atoms with Crippen molar-refractivity contribution in [1.29, 1.82) is 0 Å². The molecule has 0 saturated carbocycles. The van der Waals surface area contributed by atoms with Gasteiger partial charge in [-0.25, -0.2) is 0 Å². The van der Waals surface area contributed by atoms with E-state index in [9.17, 15) is 4.79 Å². The molecule has 0 N–H and O–H groups in total. The Morgan fingerprint density at radius 3 is 2.53 bits per heavy atom. The molecule has 3 nitrogen and oxygen atoms in total. The number of benzene rings is 1. The van der Waals surface area contributed by atoms with E-state index in [2.05, 4.69) is 5.10 Å². The van der Waals surface area contributed by atoms with Crippen LogP contribution in [-0.2, 0) is 19.9 Å². The summed E-state index contributed by atoms with van der Waals surface area (Å²) in [5.41, 5.74) is 2.11. The van der Waals surface area contributed by atoms with Crippen LogP contribution in [-0.4, -0.2) is 15.6 Å². The number of hydrogen-bond acceptors (Lipinski definition) is 2. The number of nitrogens with zero attached hydrogens (tertiary/aromatic N) is 2. The molecule has 1 aromatic carbocycles. The van der Waals surface area contributed by atoms with E-state index in [1.165, 1.54) is 0 Å². The van der Waals surface area contributed by atoms with E-state index >= 15 is 0 Å². The van der Waals surface area contributed by atoms with Gasteiger partial charge in [-0.05, 0) is 24.1 Å². The third-order valence-electron chi connectivity index (χ3n) is 2.94. The quantitative estimate of drug-likeness (QED) is 0.806. The van der Waals surface area contributed by atoms with E-state index in [1.54, 1.807) is 36.1 Å². The summed E-state index contributed by atoms with van der Waals surface area (Å²) in [7, 11) is 1.80. The molecule has 2 rings (SSSR count). The maximum atomic E-state index is 12.3. The third-order valence-corrected chi connectivity index (χ3v) is 3.65. The molecule has 1 heterocycles. The molecule has 0 unspecified atom stereocenters. The van der Waals surface area contributed by atoms with Gasteiger partial charge < -0.3 is 0 Å². The van der Waals surface area contributed by atoms with Gasteiger partial charge in [-0.1, -0.05) is 36.2 Å². The van der Waals surface area contributed by atoms with Crippen molar-refractivity contribution in [3.63, 3.8) is 0 Å². The summed E-state index contributed by atoms with van der Waals surface area (Å²) in [6, 6.07) is 5.24. The largest absolute Gasteiger partial charge is 0.294 e. The lowest BCUT2D eigenvalue weighted by Crippen LogP contribution is -2.06. The molecule has 0 saturated heterocycles. The van der Waals surface area contributed by atoms with Crippen molar-refractivity contribution >= 4 is 29.0 Å². The summed E-state index contributed by atoms with van der Waals surface area (Å²) in [4.78, 5) is 12.3. The van der Waals surface area contributed by atoms with Crippen molar-refractivity contribution in [2.75, 3.05) is 0 Å². The van der Waals surface area contributed by atoms with Gasteiger partial charge in [-0.3, -0.25) is 9.48 Å². The predicted octanol–water partition coefficient (Wildman–Crippen LogP) is 3.71. The number of hydrogen-bond donors (Lipinski definition) is 0. The van der Waals surface area contributed by atoms with Gasteiger partial charge in [0.25, 0.3) is 0 Å². The number of aromatic nitrogens is 2. The van der Waals surface area contributed by atoms with Crippen LogP contribution in [0.5, 0.6) is 0 Å². The standard InChI is InChI=1S/C14H14Cl2N2O/c1-3-13-10(8-18(2)17-13)14(19)7-9-11(15)5-4-6-12(9)16/h4-6,8H,3,7H2,1-2H3. The topological polar surface area (TPSA) is 34.9 Å². The Morgan fingerprint density at radius 1 is 1.32 bits per heavy atom. The Balaban J connectivity index is 2.31. The number of Topliss-reactive ketones (excluding diaryl/α,β-unsaturated/α-hetero) is 1. The fourth-order valence-corrected chi connectivity index (χ4v) is 2.52. The van der Waals surface area contributed by atoms with Crippen LogP contribution < -0.4 is 0 Å². The molecule has 0 spiro atoms. The number of carbonyl (C=O) groups is 1. The molecule has 19 heavy (non-hydrogen) atoms. The zero-order valence-electron chi connectivity index (χ0n) is 10.8. The monoisotopic (exact) mass is 296 g/mol. The lowest BCUT2D eigenvalue weighted by molar-refractivity contribution is 0.0992. The van der Waals surface area contributed by atoms with Gasteiger partial charge in [0.05, 0.1) is 11.3 Å². The van der Waals surface area contributed by atoms with Gasteiger partial charge in [0.2, 0.25) is 0 Å². The SMILES string of the molecule is CCc1nn(C)cc1C(=O)Cc1c(Cl)cccc1Cl. The molecule has 1 aromatic heterocycles. The Kier molecular flexibility index (Phi) is 4.27. The lowest BCUT2D eigenvalue weighted by atomic mass is 10.0. The van der Waals surface area contributed by atoms with E-state index in [0.717, 1.165) is 12.1 Å². The van der Waals surface area contributed by atoms with Crippen LogP contribution in [0.2, 0.25) is 10.0 Å². The molecular weight excluding hydrogens is 283 g/mol. The smallest absolute Gasteiger partial charge is 0.170 e. The highest BCUT2D eigenvalue weighted by Crippen LogP contribution is 2.26. The Labute approximate surface area is 122 Å². The van der Waals surface area contributed by atoms with E-state index in [1.807, 2.05) is 6.92 Å². The number of halogens is 2. The van der Waals surface area contributed by atoms with Crippen molar-refractivity contribution in [3.05, 3.63) is 51.3 Å². The zero-order chi connectivity index (χ0) is 14.0. The summed E-state index contributed by atoms with van der Waals surface area (Å²) < 4.78 is 1.65. The van der Waals surface area contributed by atoms with E-state index in [-0.39, 0.29) is 12.2 Å². The number of rotatable bonds is 4. The van der Waals surface area contributed by atoms with Crippen molar-refractivity contribution in [1.82, 2.24) is 9.78 Å². The van der Waals surface area contributed by atoms with Crippen LogP contribution in [0.4, 0.5) is 0 Å². The van der Waals surface area contributed by atoms with Crippen LogP contribution in [0.3, 0.4) is 0 Å².